The molecule has 0 bridgehead atoms. The van der Waals surface area contributed by atoms with Gasteiger partial charge in [0.15, 0.2) is 0 Å². The Morgan fingerprint density at radius 3 is 2.30 bits per heavy atom. The van der Waals surface area contributed by atoms with Gasteiger partial charge in [0.25, 0.3) is 0 Å². The maximum Gasteiger partial charge on any atom is 0.145 e. The van der Waals surface area contributed by atoms with Gasteiger partial charge < -0.3 is 15.4 Å². The monoisotopic (exact) mass is 646 g/mol. The van der Waals surface area contributed by atoms with Gasteiger partial charge in [0, 0.05) is 42.7 Å². The topological polar surface area (TPSA) is 48.7 Å². The van der Waals surface area contributed by atoms with Crippen molar-refractivity contribution in [1.82, 2.24) is 15.5 Å². The zero-order chi connectivity index (χ0) is 32.8. The molecule has 11 rings (SSSR count). The molecule has 0 radical (unpaired) electrons. The van der Waals surface area contributed by atoms with Crippen molar-refractivity contribution < 1.29 is 4.74 Å². The molecule has 0 saturated carbocycles. The molecule has 50 heavy (non-hydrogen) atoms. The molecule has 5 aromatic rings. The van der Waals surface area contributed by atoms with Crippen LogP contribution in [0.1, 0.15) is 34.0 Å². The number of nitrogens with one attached hydrogen (secondary N) is 2. The minimum Gasteiger partial charge on any atom is -0.460 e. The summed E-state index contributed by atoms with van der Waals surface area (Å²) in [6.45, 7) is 2.81. The van der Waals surface area contributed by atoms with Gasteiger partial charge >= 0.3 is 0 Å². The third-order valence-electron chi connectivity index (χ3n) is 11.3. The first-order valence-corrected chi connectivity index (χ1v) is 17.6. The van der Waals surface area contributed by atoms with E-state index in [0.717, 1.165) is 53.5 Å². The summed E-state index contributed by atoms with van der Waals surface area (Å²) in [6, 6.07) is 46.5. The number of allylic oxidation sites excluding steroid dienone is 2. The summed E-state index contributed by atoms with van der Waals surface area (Å²) >= 11 is 0. The summed E-state index contributed by atoms with van der Waals surface area (Å²) in [5, 5.41) is 7.20. The molecule has 1 fully saturated rings. The van der Waals surface area contributed by atoms with Crippen LogP contribution in [0.3, 0.4) is 0 Å². The third-order valence-corrected chi connectivity index (χ3v) is 11.3. The molecule has 5 heteroatoms. The highest BCUT2D eigenvalue weighted by molar-refractivity contribution is 6.13. The van der Waals surface area contributed by atoms with E-state index < -0.39 is 0 Å². The highest BCUT2D eigenvalue weighted by Crippen LogP contribution is 2.63. The molecular formula is C45H34N4O. The maximum atomic E-state index is 6.71. The summed E-state index contributed by atoms with van der Waals surface area (Å²) in [5.41, 5.74) is 15.6. The molecule has 0 aromatic heterocycles. The highest BCUT2D eigenvalue weighted by Gasteiger charge is 2.60. The zero-order valence-corrected chi connectivity index (χ0v) is 27.4. The lowest BCUT2D eigenvalue weighted by Gasteiger charge is -2.42. The highest BCUT2D eigenvalue weighted by atomic mass is 16.5. The molecule has 1 aliphatic carbocycles. The lowest BCUT2D eigenvalue weighted by atomic mass is 9.64. The van der Waals surface area contributed by atoms with E-state index in [1.54, 1.807) is 0 Å². The standard InChI is InChI=1S/C45H34N4O/c1-3-9-29(10-4-1)39-24-40(48-44(47-39)31-11-5-2-6-12-31)30-17-15-28(16-18-30)32-19-20-34-33-13-7-8-14-35(33)45(36(34)23-32)37-25-46-22-21-42(37)50-43-38(45)26-49-27-41(43)49/h1-24,41,44,46-47H,25-27H2. The fourth-order valence-corrected chi connectivity index (χ4v) is 8.92. The predicted molar refractivity (Wildman–Crippen MR) is 199 cm³/mol. The van der Waals surface area contributed by atoms with Crippen molar-refractivity contribution in [2.75, 3.05) is 19.6 Å². The molecule has 1 spiro atoms. The first-order valence-electron chi connectivity index (χ1n) is 17.6. The summed E-state index contributed by atoms with van der Waals surface area (Å²) in [5.74, 6) is 2.18. The summed E-state index contributed by atoms with van der Waals surface area (Å²) in [4.78, 5) is 7.73. The fraction of sp³-hybridized carbons (Fsp3) is 0.133. The van der Waals surface area contributed by atoms with E-state index in [0.29, 0.717) is 6.04 Å². The minimum absolute atomic E-state index is 0.166. The van der Waals surface area contributed by atoms with Crippen molar-refractivity contribution in [2.24, 2.45) is 4.99 Å². The molecule has 4 unspecified atom stereocenters. The van der Waals surface area contributed by atoms with Gasteiger partial charge in [0.1, 0.15) is 17.7 Å². The van der Waals surface area contributed by atoms with E-state index in [-0.39, 0.29) is 11.6 Å². The molecule has 5 aromatic carbocycles. The Hall–Kier alpha value is -5.91. The first-order chi connectivity index (χ1) is 24.8. The van der Waals surface area contributed by atoms with Crippen LogP contribution in [0.5, 0.6) is 0 Å². The van der Waals surface area contributed by atoms with Crippen LogP contribution in [0.4, 0.5) is 0 Å². The second-order valence-electron chi connectivity index (χ2n) is 14.0. The van der Waals surface area contributed by atoms with Gasteiger partial charge in [-0.15, -0.1) is 0 Å². The molecule has 5 nitrogen and oxygen atoms in total. The number of hydrogen-bond acceptors (Lipinski definition) is 5. The van der Waals surface area contributed by atoms with Gasteiger partial charge in [0.2, 0.25) is 0 Å². The Labute approximate surface area is 291 Å². The maximum absolute atomic E-state index is 6.71. The zero-order valence-electron chi connectivity index (χ0n) is 27.4. The third kappa shape index (κ3) is 4.01. The second kappa shape index (κ2) is 10.5. The smallest absolute Gasteiger partial charge is 0.145 e. The Balaban J connectivity index is 1.02. The molecule has 4 atom stereocenters. The van der Waals surface area contributed by atoms with E-state index >= 15 is 0 Å². The Bertz CT molecular complexity index is 2390. The van der Waals surface area contributed by atoms with Crippen LogP contribution in [-0.2, 0) is 10.2 Å². The molecule has 240 valence electrons. The van der Waals surface area contributed by atoms with E-state index in [1.165, 1.54) is 50.3 Å². The van der Waals surface area contributed by atoms with Crippen LogP contribution in [0.25, 0.3) is 28.0 Å². The summed E-state index contributed by atoms with van der Waals surface area (Å²) in [7, 11) is 0. The number of hydrogen-bond donors (Lipinski definition) is 2. The Kier molecular flexibility index (Phi) is 5.90. The van der Waals surface area contributed by atoms with Crippen LogP contribution in [0.15, 0.2) is 173 Å². The number of fused-ring (bicyclic) bond motifs is 9. The molecule has 5 heterocycles. The number of nitrogens with zero attached hydrogens (tertiary/aromatic N) is 2. The number of benzene rings is 5. The number of aliphatic imine (C=N–C) groups is 1. The van der Waals surface area contributed by atoms with E-state index in [4.69, 9.17) is 9.73 Å². The molecule has 0 amide bonds. The average Bonchev–Trinajstić information content (AvgIpc) is 3.79. The molecule has 5 aliphatic heterocycles. The fourth-order valence-electron chi connectivity index (χ4n) is 8.92. The van der Waals surface area contributed by atoms with Gasteiger partial charge in [-0.3, -0.25) is 9.89 Å². The SMILES string of the molecule is C1=CC2=C(CN1)C1(C3=C(O2)C2CN2C3)c2ccccc2-c2ccc(-c3ccc(C4=NC(c5ccccc5)NC(c5ccccc5)=C4)cc3)cc21. The largest absolute Gasteiger partial charge is 0.460 e. The number of dihydropyridines is 1. The summed E-state index contributed by atoms with van der Waals surface area (Å²) < 4.78 is 6.71. The summed E-state index contributed by atoms with van der Waals surface area (Å²) in [6.07, 6.45) is 6.17. The van der Waals surface area contributed by atoms with Crippen molar-refractivity contribution in [3.05, 3.63) is 196 Å². The molecule has 2 N–H and O–H groups in total. The van der Waals surface area contributed by atoms with Crippen LogP contribution in [0.2, 0.25) is 0 Å². The van der Waals surface area contributed by atoms with Crippen molar-refractivity contribution in [2.45, 2.75) is 17.6 Å². The van der Waals surface area contributed by atoms with E-state index in [9.17, 15) is 0 Å². The van der Waals surface area contributed by atoms with Crippen molar-refractivity contribution in [3.63, 3.8) is 0 Å². The van der Waals surface area contributed by atoms with E-state index in [2.05, 4.69) is 149 Å². The average molecular weight is 647 g/mol. The van der Waals surface area contributed by atoms with Gasteiger partial charge in [-0.05, 0) is 68.3 Å². The van der Waals surface area contributed by atoms with Crippen LogP contribution in [0, 0.1) is 0 Å². The van der Waals surface area contributed by atoms with Crippen molar-refractivity contribution in [1.29, 1.82) is 0 Å². The van der Waals surface area contributed by atoms with Crippen molar-refractivity contribution in [3.8, 4) is 22.3 Å². The Morgan fingerprint density at radius 2 is 1.44 bits per heavy atom. The van der Waals surface area contributed by atoms with Crippen LogP contribution in [-0.4, -0.2) is 36.3 Å². The number of rotatable bonds is 4. The lowest BCUT2D eigenvalue weighted by Crippen LogP contribution is -2.41. The van der Waals surface area contributed by atoms with Gasteiger partial charge in [0.05, 0.1) is 17.2 Å². The van der Waals surface area contributed by atoms with Crippen molar-refractivity contribution >= 4 is 11.4 Å². The first kappa shape index (κ1) is 28.0. The van der Waals surface area contributed by atoms with Crippen LogP contribution >= 0.6 is 0 Å². The number of ether oxygens (including phenoxy) is 1. The molecule has 1 saturated heterocycles. The molecular weight excluding hydrogens is 613 g/mol. The van der Waals surface area contributed by atoms with Gasteiger partial charge in [-0.25, -0.2) is 0 Å². The normalized spacial score (nSPS) is 24.9. The van der Waals surface area contributed by atoms with E-state index in [1.807, 2.05) is 12.3 Å². The minimum atomic E-state index is -0.342. The van der Waals surface area contributed by atoms with Gasteiger partial charge in [-0.2, -0.15) is 0 Å². The molecule has 6 aliphatic rings. The Morgan fingerprint density at radius 1 is 0.700 bits per heavy atom. The lowest BCUT2D eigenvalue weighted by molar-refractivity contribution is 0.277. The van der Waals surface area contributed by atoms with Gasteiger partial charge in [-0.1, -0.05) is 121 Å². The second-order valence-corrected chi connectivity index (χ2v) is 14.0. The quantitative estimate of drug-likeness (QED) is 0.194. The predicted octanol–water partition coefficient (Wildman–Crippen LogP) is 8.11. The van der Waals surface area contributed by atoms with Crippen LogP contribution < -0.4 is 10.6 Å².